The van der Waals surface area contributed by atoms with Crippen LogP contribution in [0.4, 0.5) is 0 Å². The van der Waals surface area contributed by atoms with E-state index < -0.39 is 0 Å². The molecule has 0 aliphatic carbocycles. The maximum atomic E-state index is 12.7. The van der Waals surface area contributed by atoms with Crippen molar-refractivity contribution in [1.29, 1.82) is 0 Å². The van der Waals surface area contributed by atoms with Crippen LogP contribution in [0.3, 0.4) is 0 Å². The monoisotopic (exact) mass is 383 g/mol. The topological polar surface area (TPSA) is 80.1 Å². The summed E-state index contributed by atoms with van der Waals surface area (Å²) in [6, 6.07) is 7.39. The van der Waals surface area contributed by atoms with E-state index in [1.807, 2.05) is 36.4 Å². The van der Waals surface area contributed by atoms with Gasteiger partial charge in [-0.3, -0.25) is 19.3 Å². The number of carbonyl (C=O) groups is 2. The molecule has 150 valence electrons. The molecule has 7 heteroatoms. The molecule has 2 aromatic heterocycles. The molecule has 3 rings (SSSR count). The van der Waals surface area contributed by atoms with Crippen molar-refractivity contribution in [3.05, 3.63) is 47.5 Å². The summed E-state index contributed by atoms with van der Waals surface area (Å²) in [6.07, 6.45) is 3.89. The lowest BCUT2D eigenvalue weighted by molar-refractivity contribution is -0.133. The first kappa shape index (κ1) is 20.0. The Hall–Kier alpha value is -2.70. The van der Waals surface area contributed by atoms with Gasteiger partial charge >= 0.3 is 0 Å². The first-order valence-corrected chi connectivity index (χ1v) is 9.94. The highest BCUT2D eigenvalue weighted by Crippen LogP contribution is 2.20. The van der Waals surface area contributed by atoms with E-state index >= 15 is 0 Å². The molecule has 0 spiro atoms. The standard InChI is InChI=1S/C21H29N5O2/c1-15-12-16(2)26(24-15)17(3)13-20(27)25-10-7-18(8-11-25)14-23-21(28)19-6-4-5-9-22-19/h4-6,9,12,17-18H,7-8,10-11,13-14H2,1-3H3,(H,23,28). The molecule has 1 atom stereocenters. The average Bonchev–Trinajstić information content (AvgIpc) is 3.05. The number of carbonyl (C=O) groups excluding carboxylic acids is 2. The van der Waals surface area contributed by atoms with Gasteiger partial charge in [0.1, 0.15) is 5.69 Å². The molecule has 0 radical (unpaired) electrons. The van der Waals surface area contributed by atoms with Crippen LogP contribution in [0, 0.1) is 19.8 Å². The third-order valence-corrected chi connectivity index (χ3v) is 5.35. The van der Waals surface area contributed by atoms with Gasteiger partial charge in [-0.05, 0) is 57.7 Å². The van der Waals surface area contributed by atoms with Gasteiger partial charge in [0.15, 0.2) is 0 Å². The van der Waals surface area contributed by atoms with Gasteiger partial charge in [0.25, 0.3) is 5.91 Å². The molecule has 0 saturated carbocycles. The quantitative estimate of drug-likeness (QED) is 0.831. The lowest BCUT2D eigenvalue weighted by Crippen LogP contribution is -2.42. The Kier molecular flexibility index (Phi) is 6.44. The van der Waals surface area contributed by atoms with Crippen LogP contribution in [0.2, 0.25) is 0 Å². The molecular weight excluding hydrogens is 354 g/mol. The van der Waals surface area contributed by atoms with E-state index in [-0.39, 0.29) is 17.9 Å². The number of hydrogen-bond acceptors (Lipinski definition) is 4. The molecule has 1 fully saturated rings. The number of aryl methyl sites for hydroxylation is 2. The summed E-state index contributed by atoms with van der Waals surface area (Å²) < 4.78 is 1.94. The summed E-state index contributed by atoms with van der Waals surface area (Å²) in [5.74, 6) is 0.430. The Labute approximate surface area is 166 Å². The molecule has 0 bridgehead atoms. The maximum Gasteiger partial charge on any atom is 0.269 e. The van der Waals surface area contributed by atoms with Gasteiger partial charge in [-0.2, -0.15) is 5.10 Å². The van der Waals surface area contributed by atoms with E-state index in [0.717, 1.165) is 37.3 Å². The minimum Gasteiger partial charge on any atom is -0.350 e. The number of likely N-dealkylation sites (tertiary alicyclic amines) is 1. The van der Waals surface area contributed by atoms with Crippen LogP contribution < -0.4 is 5.32 Å². The Morgan fingerprint density at radius 2 is 2.00 bits per heavy atom. The van der Waals surface area contributed by atoms with Crippen LogP contribution in [0.25, 0.3) is 0 Å². The zero-order valence-electron chi connectivity index (χ0n) is 16.9. The fourth-order valence-corrected chi connectivity index (χ4v) is 3.77. The van der Waals surface area contributed by atoms with Crippen molar-refractivity contribution in [2.24, 2.45) is 5.92 Å². The van der Waals surface area contributed by atoms with E-state index in [1.165, 1.54) is 0 Å². The second-order valence-electron chi connectivity index (χ2n) is 7.67. The zero-order valence-corrected chi connectivity index (χ0v) is 16.9. The van der Waals surface area contributed by atoms with E-state index in [0.29, 0.717) is 24.6 Å². The van der Waals surface area contributed by atoms with Crippen molar-refractivity contribution in [1.82, 2.24) is 25.0 Å². The van der Waals surface area contributed by atoms with E-state index in [4.69, 9.17) is 0 Å². The lowest BCUT2D eigenvalue weighted by Gasteiger charge is -2.32. The number of rotatable bonds is 6. The third-order valence-electron chi connectivity index (χ3n) is 5.35. The van der Waals surface area contributed by atoms with Crippen LogP contribution >= 0.6 is 0 Å². The van der Waals surface area contributed by atoms with Gasteiger partial charge in [0.05, 0.1) is 11.7 Å². The number of nitrogens with one attached hydrogen (secondary N) is 1. The maximum absolute atomic E-state index is 12.7. The van der Waals surface area contributed by atoms with Crippen molar-refractivity contribution in [2.45, 2.75) is 46.1 Å². The summed E-state index contributed by atoms with van der Waals surface area (Å²) in [7, 11) is 0. The molecule has 1 aliphatic rings. The van der Waals surface area contributed by atoms with Gasteiger partial charge in [-0.1, -0.05) is 6.07 Å². The molecule has 1 unspecified atom stereocenters. The predicted octanol–water partition coefficient (Wildman–Crippen LogP) is 2.51. The Morgan fingerprint density at radius 1 is 1.25 bits per heavy atom. The van der Waals surface area contributed by atoms with E-state index in [9.17, 15) is 9.59 Å². The largest absolute Gasteiger partial charge is 0.350 e. The van der Waals surface area contributed by atoms with Gasteiger partial charge in [-0.15, -0.1) is 0 Å². The number of amides is 2. The summed E-state index contributed by atoms with van der Waals surface area (Å²) in [4.78, 5) is 30.8. The van der Waals surface area contributed by atoms with Gasteiger partial charge in [-0.25, -0.2) is 0 Å². The Balaban J connectivity index is 1.42. The van der Waals surface area contributed by atoms with Crippen molar-refractivity contribution < 1.29 is 9.59 Å². The number of nitrogens with zero attached hydrogens (tertiary/aromatic N) is 4. The molecule has 1 N–H and O–H groups in total. The van der Waals surface area contributed by atoms with Crippen LogP contribution in [0.5, 0.6) is 0 Å². The van der Waals surface area contributed by atoms with Gasteiger partial charge < -0.3 is 10.2 Å². The molecule has 3 heterocycles. The fourth-order valence-electron chi connectivity index (χ4n) is 3.77. The Bertz CT molecular complexity index is 809. The number of piperidine rings is 1. The van der Waals surface area contributed by atoms with Crippen LogP contribution in [0.1, 0.15) is 54.1 Å². The summed E-state index contributed by atoms with van der Waals surface area (Å²) in [5, 5.41) is 7.45. The van der Waals surface area contributed by atoms with Crippen molar-refractivity contribution >= 4 is 11.8 Å². The highest BCUT2D eigenvalue weighted by atomic mass is 16.2. The highest BCUT2D eigenvalue weighted by molar-refractivity contribution is 5.92. The first-order valence-electron chi connectivity index (χ1n) is 9.94. The molecular formula is C21H29N5O2. The van der Waals surface area contributed by atoms with E-state index in [1.54, 1.807) is 24.4 Å². The normalized spacial score (nSPS) is 16.0. The van der Waals surface area contributed by atoms with Gasteiger partial charge in [0, 0.05) is 37.9 Å². The second-order valence-corrected chi connectivity index (χ2v) is 7.67. The third kappa shape index (κ3) is 4.97. The summed E-state index contributed by atoms with van der Waals surface area (Å²) >= 11 is 0. The predicted molar refractivity (Wildman–Crippen MR) is 107 cm³/mol. The number of pyridine rings is 1. The molecule has 7 nitrogen and oxygen atoms in total. The molecule has 1 aliphatic heterocycles. The van der Waals surface area contributed by atoms with Crippen LogP contribution in [0.15, 0.2) is 30.5 Å². The van der Waals surface area contributed by atoms with Crippen molar-refractivity contribution in [3.63, 3.8) is 0 Å². The van der Waals surface area contributed by atoms with Gasteiger partial charge in [0.2, 0.25) is 5.91 Å². The molecule has 2 aromatic rings. The average molecular weight is 383 g/mol. The SMILES string of the molecule is Cc1cc(C)n(C(C)CC(=O)N2CCC(CNC(=O)c3ccccn3)CC2)n1. The van der Waals surface area contributed by atoms with Crippen molar-refractivity contribution in [2.75, 3.05) is 19.6 Å². The van der Waals surface area contributed by atoms with Crippen molar-refractivity contribution in [3.8, 4) is 0 Å². The summed E-state index contributed by atoms with van der Waals surface area (Å²) in [5.41, 5.74) is 2.50. The Morgan fingerprint density at radius 3 is 2.61 bits per heavy atom. The first-order chi connectivity index (χ1) is 13.4. The molecule has 1 saturated heterocycles. The zero-order chi connectivity index (χ0) is 20.1. The summed E-state index contributed by atoms with van der Waals surface area (Å²) in [6.45, 7) is 8.14. The second kappa shape index (κ2) is 8.99. The van der Waals surface area contributed by atoms with Crippen LogP contribution in [-0.4, -0.2) is 51.1 Å². The lowest BCUT2D eigenvalue weighted by atomic mass is 9.96. The molecule has 2 amide bonds. The fraction of sp³-hybridized carbons (Fsp3) is 0.524. The minimum atomic E-state index is -0.141. The minimum absolute atomic E-state index is 0.0524. The molecule has 28 heavy (non-hydrogen) atoms. The number of aromatic nitrogens is 3. The number of hydrogen-bond donors (Lipinski definition) is 1. The highest BCUT2D eigenvalue weighted by Gasteiger charge is 2.25. The van der Waals surface area contributed by atoms with E-state index in [2.05, 4.69) is 15.4 Å². The van der Waals surface area contributed by atoms with Crippen LogP contribution in [-0.2, 0) is 4.79 Å². The molecule has 0 aromatic carbocycles. The smallest absolute Gasteiger partial charge is 0.269 e.